The van der Waals surface area contributed by atoms with Gasteiger partial charge in [-0.25, -0.2) is 4.79 Å². The molecule has 0 saturated heterocycles. The van der Waals surface area contributed by atoms with Crippen LogP contribution in [0.3, 0.4) is 0 Å². The van der Waals surface area contributed by atoms with Gasteiger partial charge in [0.1, 0.15) is 5.75 Å². The monoisotopic (exact) mass is 422 g/mol. The number of likely N-dealkylation sites (N-methyl/N-ethyl adjacent to an activating group) is 1. The first-order chi connectivity index (χ1) is 14.7. The normalized spacial score (nSPS) is 15.9. The van der Waals surface area contributed by atoms with Crippen LogP contribution in [0, 0.1) is 0 Å². The summed E-state index contributed by atoms with van der Waals surface area (Å²) >= 11 is 0. The highest BCUT2D eigenvalue weighted by atomic mass is 16.6. The van der Waals surface area contributed by atoms with Crippen molar-refractivity contribution in [3.05, 3.63) is 59.7 Å². The zero-order chi connectivity index (χ0) is 22.6. The molecule has 164 valence electrons. The number of nitrogens with zero attached hydrogens (tertiary/aromatic N) is 1. The summed E-state index contributed by atoms with van der Waals surface area (Å²) in [5.74, 6) is -0.0130. The van der Waals surface area contributed by atoms with E-state index < -0.39 is 6.10 Å². The van der Waals surface area contributed by atoms with E-state index in [1.165, 1.54) is 11.6 Å². The number of anilines is 2. The van der Waals surface area contributed by atoms with Crippen molar-refractivity contribution in [2.75, 3.05) is 30.4 Å². The minimum absolute atomic E-state index is 0.0965. The minimum atomic E-state index is -0.662. The van der Waals surface area contributed by atoms with Crippen LogP contribution in [0.4, 0.5) is 11.4 Å². The van der Waals surface area contributed by atoms with Crippen molar-refractivity contribution in [1.82, 2.24) is 0 Å². The van der Waals surface area contributed by atoms with Gasteiger partial charge >= 0.3 is 5.97 Å². The van der Waals surface area contributed by atoms with Gasteiger partial charge in [-0.2, -0.15) is 0 Å². The fraction of sp³-hybridized carbons (Fsp3) is 0.360. The second kappa shape index (κ2) is 9.25. The Morgan fingerprint density at radius 1 is 1.19 bits per heavy atom. The Morgan fingerprint density at radius 2 is 1.90 bits per heavy atom. The summed E-state index contributed by atoms with van der Waals surface area (Å²) in [5.41, 5.74) is 3.77. The van der Waals surface area contributed by atoms with E-state index in [9.17, 15) is 9.59 Å². The molecule has 6 nitrogen and oxygen atoms in total. The van der Waals surface area contributed by atoms with Gasteiger partial charge in [0, 0.05) is 18.8 Å². The fourth-order valence-corrected chi connectivity index (χ4v) is 3.34. The van der Waals surface area contributed by atoms with Gasteiger partial charge in [0.05, 0.1) is 18.8 Å². The Labute approximate surface area is 183 Å². The van der Waals surface area contributed by atoms with E-state index in [0.29, 0.717) is 24.6 Å². The summed E-state index contributed by atoms with van der Waals surface area (Å²) in [7, 11) is 1.88. The highest BCUT2D eigenvalue weighted by Crippen LogP contribution is 2.35. The van der Waals surface area contributed by atoms with Crippen molar-refractivity contribution in [2.24, 2.45) is 0 Å². The molecule has 1 unspecified atom stereocenters. The largest absolute Gasteiger partial charge is 0.475 e. The molecule has 3 rings (SSSR count). The highest BCUT2D eigenvalue weighted by Gasteiger charge is 2.30. The second-order valence-electron chi connectivity index (χ2n) is 8.62. The summed E-state index contributed by atoms with van der Waals surface area (Å²) in [6, 6.07) is 13.5. The molecule has 0 saturated carbocycles. The SMILES string of the molecule is CCOC(=O)C1CN(C)c2cc(NC(=O)/C=C/c3ccc(C(C)(C)C)cc3)ccc2O1. The number of carbonyl (C=O) groups excluding carboxylic acids is 2. The Kier molecular flexibility index (Phi) is 6.68. The van der Waals surface area contributed by atoms with Crippen LogP contribution in [-0.2, 0) is 19.7 Å². The molecule has 0 radical (unpaired) electrons. The van der Waals surface area contributed by atoms with Gasteiger partial charge in [0.2, 0.25) is 12.0 Å². The Balaban J connectivity index is 1.64. The lowest BCUT2D eigenvalue weighted by Gasteiger charge is -2.32. The second-order valence-corrected chi connectivity index (χ2v) is 8.62. The van der Waals surface area contributed by atoms with Crippen molar-refractivity contribution < 1.29 is 19.1 Å². The molecule has 1 N–H and O–H groups in total. The molecule has 0 fully saturated rings. The first-order valence-corrected chi connectivity index (χ1v) is 10.5. The van der Waals surface area contributed by atoms with Crippen molar-refractivity contribution in [3.63, 3.8) is 0 Å². The van der Waals surface area contributed by atoms with Crippen molar-refractivity contribution in [2.45, 2.75) is 39.2 Å². The van der Waals surface area contributed by atoms with E-state index >= 15 is 0 Å². The average molecular weight is 423 g/mol. The molecule has 0 bridgehead atoms. The standard InChI is InChI=1S/C25H30N2O4/c1-6-30-24(29)22-16-27(5)20-15-19(12-13-21(20)31-22)26-23(28)14-9-17-7-10-18(11-8-17)25(2,3)4/h7-15,22H,6,16H2,1-5H3,(H,26,28)/b14-9+. The number of benzene rings is 2. The van der Waals surface area contributed by atoms with Gasteiger partial charge in [0.15, 0.2) is 0 Å². The van der Waals surface area contributed by atoms with Crippen LogP contribution in [0.2, 0.25) is 0 Å². The van der Waals surface area contributed by atoms with E-state index in [1.54, 1.807) is 25.1 Å². The highest BCUT2D eigenvalue weighted by molar-refractivity contribution is 6.02. The molecule has 0 aliphatic carbocycles. The molecule has 0 aromatic heterocycles. The number of fused-ring (bicyclic) bond motifs is 1. The van der Waals surface area contributed by atoms with Gasteiger partial charge in [-0.05, 0) is 47.7 Å². The number of carbonyl (C=O) groups is 2. The van der Waals surface area contributed by atoms with Crippen LogP contribution in [0.25, 0.3) is 6.08 Å². The molecule has 1 aliphatic heterocycles. The average Bonchev–Trinajstić information content (AvgIpc) is 2.72. The topological polar surface area (TPSA) is 67.9 Å². The lowest BCUT2D eigenvalue weighted by Crippen LogP contribution is -2.43. The number of hydrogen-bond acceptors (Lipinski definition) is 5. The molecule has 1 atom stereocenters. The molecule has 1 heterocycles. The summed E-state index contributed by atoms with van der Waals surface area (Å²) in [6.07, 6.45) is 2.65. The first kappa shape index (κ1) is 22.4. The lowest BCUT2D eigenvalue weighted by atomic mass is 9.87. The van der Waals surface area contributed by atoms with Crippen LogP contribution in [-0.4, -0.2) is 38.2 Å². The predicted molar refractivity (Wildman–Crippen MR) is 124 cm³/mol. The zero-order valence-electron chi connectivity index (χ0n) is 18.8. The molecule has 2 aromatic rings. The molecule has 6 heteroatoms. The maximum Gasteiger partial charge on any atom is 0.349 e. The van der Waals surface area contributed by atoms with E-state index in [-0.39, 0.29) is 17.3 Å². The smallest absolute Gasteiger partial charge is 0.349 e. The summed E-state index contributed by atoms with van der Waals surface area (Å²) in [6.45, 7) is 8.97. The zero-order valence-corrected chi connectivity index (χ0v) is 18.8. The minimum Gasteiger partial charge on any atom is -0.475 e. The maximum atomic E-state index is 12.4. The Hall–Kier alpha value is -3.28. The Bertz CT molecular complexity index is 974. The molecule has 1 aliphatic rings. The third kappa shape index (κ3) is 5.66. The van der Waals surface area contributed by atoms with Crippen LogP contribution in [0.5, 0.6) is 5.75 Å². The van der Waals surface area contributed by atoms with Crippen LogP contribution >= 0.6 is 0 Å². The Morgan fingerprint density at radius 3 is 2.55 bits per heavy atom. The summed E-state index contributed by atoms with van der Waals surface area (Å²) < 4.78 is 10.8. The van der Waals surface area contributed by atoms with Gasteiger partial charge in [-0.15, -0.1) is 0 Å². The fourth-order valence-electron chi connectivity index (χ4n) is 3.34. The summed E-state index contributed by atoms with van der Waals surface area (Å²) in [4.78, 5) is 26.3. The number of amides is 1. The van der Waals surface area contributed by atoms with Crippen molar-refractivity contribution in [1.29, 1.82) is 0 Å². The third-order valence-corrected chi connectivity index (χ3v) is 5.10. The molecular weight excluding hydrogens is 392 g/mol. The van der Waals surface area contributed by atoms with E-state index in [4.69, 9.17) is 9.47 Å². The number of rotatable bonds is 5. The van der Waals surface area contributed by atoms with Gasteiger partial charge in [-0.3, -0.25) is 4.79 Å². The molecule has 31 heavy (non-hydrogen) atoms. The van der Waals surface area contributed by atoms with Crippen LogP contribution in [0.1, 0.15) is 38.8 Å². The van der Waals surface area contributed by atoms with Crippen LogP contribution in [0.15, 0.2) is 48.5 Å². The quantitative estimate of drug-likeness (QED) is 0.572. The van der Waals surface area contributed by atoms with Crippen molar-refractivity contribution in [3.8, 4) is 5.75 Å². The van der Waals surface area contributed by atoms with Gasteiger partial charge in [0.25, 0.3) is 0 Å². The first-order valence-electron chi connectivity index (χ1n) is 10.5. The molecule has 2 aromatic carbocycles. The van der Waals surface area contributed by atoms with Gasteiger partial charge < -0.3 is 19.7 Å². The van der Waals surface area contributed by atoms with Gasteiger partial charge in [-0.1, -0.05) is 45.0 Å². The molecule has 1 amide bonds. The molecular formula is C25H30N2O4. The lowest BCUT2D eigenvalue weighted by molar-refractivity contribution is -0.151. The van der Waals surface area contributed by atoms with E-state index in [2.05, 4.69) is 38.2 Å². The maximum absolute atomic E-state index is 12.4. The third-order valence-electron chi connectivity index (χ3n) is 5.10. The number of hydrogen-bond donors (Lipinski definition) is 1. The molecule has 0 spiro atoms. The number of esters is 1. The van der Waals surface area contributed by atoms with Crippen LogP contribution < -0.4 is 15.0 Å². The summed E-state index contributed by atoms with van der Waals surface area (Å²) in [5, 5.41) is 2.87. The predicted octanol–water partition coefficient (Wildman–Crippen LogP) is 4.40. The van der Waals surface area contributed by atoms with E-state index in [1.807, 2.05) is 30.1 Å². The number of nitrogens with one attached hydrogen (secondary N) is 1. The number of ether oxygens (including phenoxy) is 2. The van der Waals surface area contributed by atoms with E-state index in [0.717, 1.165) is 11.3 Å². The van der Waals surface area contributed by atoms with Crippen molar-refractivity contribution >= 4 is 29.3 Å².